The van der Waals surface area contributed by atoms with Gasteiger partial charge in [-0.25, -0.2) is 22.4 Å². The van der Waals surface area contributed by atoms with Crippen LogP contribution in [0.3, 0.4) is 0 Å². The molecule has 0 saturated carbocycles. The Hall–Kier alpha value is -3.51. The van der Waals surface area contributed by atoms with Gasteiger partial charge in [0.2, 0.25) is 10.0 Å². The van der Waals surface area contributed by atoms with E-state index in [1.165, 1.54) is 40.7 Å². The molecule has 1 aliphatic heterocycles. The number of benzene rings is 2. The van der Waals surface area contributed by atoms with Gasteiger partial charge in [0.1, 0.15) is 5.82 Å². The lowest BCUT2D eigenvalue weighted by Crippen LogP contribution is -2.48. The molecule has 0 aliphatic carbocycles. The van der Waals surface area contributed by atoms with Crippen LogP contribution in [0, 0.1) is 5.82 Å². The average Bonchev–Trinajstić information content (AvgIpc) is 2.83. The molecule has 3 rings (SSSR count). The lowest BCUT2D eigenvalue weighted by atomic mass is 10.2. The molecule has 12 heteroatoms. The summed E-state index contributed by atoms with van der Waals surface area (Å²) >= 11 is 0. The fraction of sp³-hybridized carbons (Fsp3) is 0.318. The number of sulfonamides is 1. The van der Waals surface area contributed by atoms with Crippen LogP contribution >= 0.6 is 0 Å². The zero-order valence-corrected chi connectivity index (χ0v) is 19.3. The van der Waals surface area contributed by atoms with Gasteiger partial charge in [0.25, 0.3) is 5.91 Å². The van der Waals surface area contributed by atoms with E-state index < -0.39 is 34.5 Å². The van der Waals surface area contributed by atoms with E-state index in [9.17, 15) is 27.2 Å². The third-order valence-corrected chi connectivity index (χ3v) is 6.96. The Bertz CT molecular complexity index is 1150. The summed E-state index contributed by atoms with van der Waals surface area (Å²) in [5, 5.41) is 4.36. The Morgan fingerprint density at radius 3 is 2.35 bits per heavy atom. The first kappa shape index (κ1) is 25.1. The maximum Gasteiger partial charge on any atom is 0.338 e. The number of imide groups is 1. The van der Waals surface area contributed by atoms with Crippen LogP contribution in [0.4, 0.5) is 14.9 Å². The normalized spacial score (nSPS) is 14.4. The first-order valence-electron chi connectivity index (χ1n) is 10.6. The van der Waals surface area contributed by atoms with Gasteiger partial charge in [-0.3, -0.25) is 10.1 Å². The third-order valence-electron chi connectivity index (χ3n) is 5.06. The van der Waals surface area contributed by atoms with Crippen LogP contribution in [0.25, 0.3) is 0 Å². The molecule has 34 heavy (non-hydrogen) atoms. The summed E-state index contributed by atoms with van der Waals surface area (Å²) in [5.41, 5.74) is 0.760. The molecular formula is C22H25FN4O6S. The standard InChI is InChI=1S/C22H25FN4O6S/c1-2-24-22(30)25-20(28)15-33-21(29)16-4-3-5-19(14-16)34(31,32)27-12-10-26(11-13-27)18-8-6-17(23)7-9-18/h3-9,14H,2,10-13,15H2,1H3,(H2,24,25,28,30). The number of urea groups is 1. The van der Waals surface area contributed by atoms with Crippen molar-refractivity contribution in [2.45, 2.75) is 11.8 Å². The van der Waals surface area contributed by atoms with Crippen LogP contribution < -0.4 is 15.5 Å². The summed E-state index contributed by atoms with van der Waals surface area (Å²) in [7, 11) is -3.88. The summed E-state index contributed by atoms with van der Waals surface area (Å²) in [6.07, 6.45) is 0. The molecule has 0 aromatic heterocycles. The molecule has 1 saturated heterocycles. The Kier molecular flexibility index (Phi) is 8.18. The molecule has 2 aromatic carbocycles. The number of carbonyl (C=O) groups excluding carboxylic acids is 3. The molecule has 3 amide bonds. The van der Waals surface area contributed by atoms with Crippen LogP contribution in [0.2, 0.25) is 0 Å². The predicted octanol–water partition coefficient (Wildman–Crippen LogP) is 1.34. The number of halogens is 1. The average molecular weight is 493 g/mol. The number of ether oxygens (including phenoxy) is 1. The summed E-state index contributed by atoms with van der Waals surface area (Å²) < 4.78 is 45.5. The van der Waals surface area contributed by atoms with Crippen LogP contribution in [0.15, 0.2) is 53.4 Å². The molecule has 1 heterocycles. The highest BCUT2D eigenvalue weighted by molar-refractivity contribution is 7.89. The van der Waals surface area contributed by atoms with Gasteiger partial charge < -0.3 is 15.0 Å². The Morgan fingerprint density at radius 1 is 1.03 bits per heavy atom. The van der Waals surface area contributed by atoms with Crippen LogP contribution in [0.5, 0.6) is 0 Å². The third kappa shape index (κ3) is 6.29. The quantitative estimate of drug-likeness (QED) is 0.559. The van der Waals surface area contributed by atoms with E-state index in [0.717, 1.165) is 5.69 Å². The number of esters is 1. The van der Waals surface area contributed by atoms with Crippen LogP contribution in [0.1, 0.15) is 17.3 Å². The number of amides is 3. The van der Waals surface area contributed by atoms with Gasteiger partial charge in [-0.05, 0) is 49.4 Å². The molecule has 0 spiro atoms. The lowest BCUT2D eigenvalue weighted by Gasteiger charge is -2.35. The summed E-state index contributed by atoms with van der Waals surface area (Å²) in [6.45, 7) is 2.58. The van der Waals surface area contributed by atoms with Crippen molar-refractivity contribution in [2.75, 3.05) is 44.2 Å². The minimum atomic E-state index is -3.88. The number of nitrogens with zero attached hydrogens (tertiary/aromatic N) is 2. The van der Waals surface area contributed by atoms with Crippen molar-refractivity contribution in [1.82, 2.24) is 14.9 Å². The highest BCUT2D eigenvalue weighted by Crippen LogP contribution is 2.22. The smallest absolute Gasteiger partial charge is 0.338 e. The van der Waals surface area contributed by atoms with E-state index in [1.807, 2.05) is 10.2 Å². The van der Waals surface area contributed by atoms with E-state index in [1.54, 1.807) is 19.1 Å². The van der Waals surface area contributed by atoms with E-state index in [0.29, 0.717) is 19.6 Å². The number of anilines is 1. The maximum absolute atomic E-state index is 13.1. The minimum Gasteiger partial charge on any atom is -0.452 e. The molecule has 1 fully saturated rings. The molecule has 0 atom stereocenters. The first-order chi connectivity index (χ1) is 16.2. The van der Waals surface area contributed by atoms with Crippen molar-refractivity contribution in [3.8, 4) is 0 Å². The van der Waals surface area contributed by atoms with E-state index in [4.69, 9.17) is 4.74 Å². The summed E-state index contributed by atoms with van der Waals surface area (Å²) in [4.78, 5) is 37.2. The molecule has 182 valence electrons. The number of nitrogens with one attached hydrogen (secondary N) is 2. The van der Waals surface area contributed by atoms with E-state index in [2.05, 4.69) is 5.32 Å². The lowest BCUT2D eigenvalue weighted by molar-refractivity contribution is -0.123. The van der Waals surface area contributed by atoms with E-state index in [-0.39, 0.29) is 29.4 Å². The molecule has 2 N–H and O–H groups in total. The minimum absolute atomic E-state index is 0.0446. The van der Waals surface area contributed by atoms with Gasteiger partial charge in [0.15, 0.2) is 6.61 Å². The fourth-order valence-corrected chi connectivity index (χ4v) is 4.82. The largest absolute Gasteiger partial charge is 0.452 e. The van der Waals surface area contributed by atoms with Gasteiger partial charge in [-0.2, -0.15) is 4.31 Å². The zero-order chi connectivity index (χ0) is 24.7. The molecule has 1 aliphatic rings. The van der Waals surface area contributed by atoms with Gasteiger partial charge in [0, 0.05) is 38.4 Å². The Morgan fingerprint density at radius 2 is 1.71 bits per heavy atom. The molecular weight excluding hydrogens is 467 g/mol. The number of carbonyl (C=O) groups is 3. The number of hydrogen-bond donors (Lipinski definition) is 2. The van der Waals surface area contributed by atoms with Crippen molar-refractivity contribution in [3.63, 3.8) is 0 Å². The second-order valence-corrected chi connectivity index (χ2v) is 9.32. The maximum atomic E-state index is 13.1. The molecule has 0 radical (unpaired) electrons. The second kappa shape index (κ2) is 11.1. The van der Waals surface area contributed by atoms with Crippen molar-refractivity contribution in [1.29, 1.82) is 0 Å². The molecule has 2 aromatic rings. The number of rotatable bonds is 7. The monoisotopic (exact) mass is 492 g/mol. The van der Waals surface area contributed by atoms with Crippen molar-refractivity contribution in [2.24, 2.45) is 0 Å². The highest BCUT2D eigenvalue weighted by atomic mass is 32.2. The van der Waals surface area contributed by atoms with Crippen molar-refractivity contribution >= 4 is 33.6 Å². The molecule has 0 unspecified atom stereocenters. The zero-order valence-electron chi connectivity index (χ0n) is 18.5. The van der Waals surface area contributed by atoms with Crippen LogP contribution in [-0.2, 0) is 19.6 Å². The first-order valence-corrected chi connectivity index (χ1v) is 12.0. The topological polar surface area (TPSA) is 125 Å². The predicted molar refractivity (Wildman–Crippen MR) is 121 cm³/mol. The Labute approximate surface area is 196 Å². The van der Waals surface area contributed by atoms with Crippen LogP contribution in [-0.4, -0.2) is 70.0 Å². The van der Waals surface area contributed by atoms with Gasteiger partial charge >= 0.3 is 12.0 Å². The highest BCUT2D eigenvalue weighted by Gasteiger charge is 2.29. The molecule has 0 bridgehead atoms. The number of hydrogen-bond acceptors (Lipinski definition) is 7. The van der Waals surface area contributed by atoms with Crippen molar-refractivity contribution in [3.05, 3.63) is 59.9 Å². The SMILES string of the molecule is CCNC(=O)NC(=O)COC(=O)c1cccc(S(=O)(=O)N2CCN(c3ccc(F)cc3)CC2)c1. The van der Waals surface area contributed by atoms with E-state index >= 15 is 0 Å². The second-order valence-electron chi connectivity index (χ2n) is 7.38. The van der Waals surface area contributed by atoms with Gasteiger partial charge in [0.05, 0.1) is 10.5 Å². The van der Waals surface area contributed by atoms with Crippen molar-refractivity contribution < 1.29 is 31.9 Å². The van der Waals surface area contributed by atoms with Gasteiger partial charge in [-0.1, -0.05) is 6.07 Å². The summed E-state index contributed by atoms with van der Waals surface area (Å²) in [6, 6.07) is 10.6. The van der Waals surface area contributed by atoms with Gasteiger partial charge in [-0.15, -0.1) is 0 Å². The fourth-order valence-electron chi connectivity index (χ4n) is 3.35. The molecule has 10 nitrogen and oxygen atoms in total. The summed E-state index contributed by atoms with van der Waals surface area (Å²) in [5.74, 6) is -2.06. The Balaban J connectivity index is 1.60. The number of piperazine rings is 1.